The predicted octanol–water partition coefficient (Wildman–Crippen LogP) is 0.657. The van der Waals surface area contributed by atoms with Gasteiger partial charge in [0.05, 0.1) is 4.90 Å². The van der Waals surface area contributed by atoms with E-state index in [1.54, 1.807) is 18.0 Å². The summed E-state index contributed by atoms with van der Waals surface area (Å²) in [4.78, 5) is 5.11. The molecule has 1 heterocycles. The normalized spacial score (nSPS) is 18.1. The highest BCUT2D eigenvalue weighted by Gasteiger charge is 2.24. The number of likely N-dealkylation sites (N-methyl/N-ethyl adjacent to an activating group) is 1. The Bertz CT molecular complexity index is 613. The first-order valence-corrected chi connectivity index (χ1v) is 9.06. The molecule has 1 aliphatic rings. The molecule has 3 N–H and O–H groups in total. The van der Waals surface area contributed by atoms with Gasteiger partial charge in [-0.25, -0.2) is 13.4 Å². The molecule has 0 atom stereocenters. The van der Waals surface area contributed by atoms with Gasteiger partial charge in [0.25, 0.3) is 10.0 Å². The topological polar surface area (TPSA) is 78.7 Å². The van der Waals surface area contributed by atoms with Gasteiger partial charge in [0, 0.05) is 37.2 Å². The summed E-state index contributed by atoms with van der Waals surface area (Å²) in [6.07, 6.45) is 0. The first-order chi connectivity index (χ1) is 9.83. The summed E-state index contributed by atoms with van der Waals surface area (Å²) < 4.78 is 25.9. The van der Waals surface area contributed by atoms with E-state index >= 15 is 0 Å². The van der Waals surface area contributed by atoms with Crippen molar-refractivity contribution >= 4 is 26.0 Å². The number of nitrogens with two attached hydrogens (primary N) is 1. The molecule has 0 spiro atoms. The van der Waals surface area contributed by atoms with Gasteiger partial charge in [0.1, 0.15) is 0 Å². The van der Waals surface area contributed by atoms with Gasteiger partial charge in [-0.2, -0.15) is 0 Å². The molecule has 21 heavy (non-hydrogen) atoms. The van der Waals surface area contributed by atoms with Crippen LogP contribution in [0.2, 0.25) is 0 Å². The molecule has 0 saturated carbocycles. The average Bonchev–Trinajstić information content (AvgIpc) is 2.43. The summed E-state index contributed by atoms with van der Waals surface area (Å²) in [6, 6.07) is 3.49. The van der Waals surface area contributed by atoms with E-state index in [-0.39, 0.29) is 4.90 Å². The molecular formula is C13H21BrN4O2S. The van der Waals surface area contributed by atoms with E-state index in [2.05, 4.69) is 25.7 Å². The molecular weight excluding hydrogens is 356 g/mol. The van der Waals surface area contributed by atoms with Crippen molar-refractivity contribution in [2.45, 2.75) is 18.4 Å². The molecule has 0 aromatic heterocycles. The van der Waals surface area contributed by atoms with E-state index in [1.165, 1.54) is 0 Å². The van der Waals surface area contributed by atoms with Crippen molar-refractivity contribution in [1.82, 2.24) is 14.7 Å². The lowest BCUT2D eigenvalue weighted by atomic mass is 10.1. The highest BCUT2D eigenvalue weighted by Crippen LogP contribution is 2.25. The van der Waals surface area contributed by atoms with Crippen molar-refractivity contribution in [2.24, 2.45) is 5.73 Å². The molecule has 0 bridgehead atoms. The Morgan fingerprint density at radius 1 is 1.29 bits per heavy atom. The van der Waals surface area contributed by atoms with E-state index in [9.17, 15) is 8.42 Å². The Balaban J connectivity index is 2.25. The molecule has 1 aromatic carbocycles. The number of nitrogens with zero attached hydrogens (tertiary/aromatic N) is 2. The smallest absolute Gasteiger partial charge is 0.253 e. The SMILES string of the molecule is Cc1c(Br)cc(CN)cc1S(=O)(=O)NN1CCN(C)CC1. The zero-order valence-electron chi connectivity index (χ0n) is 12.3. The minimum absolute atomic E-state index is 0.274. The van der Waals surface area contributed by atoms with Gasteiger partial charge in [0.15, 0.2) is 0 Å². The van der Waals surface area contributed by atoms with E-state index in [0.29, 0.717) is 25.2 Å². The fraction of sp³-hybridized carbons (Fsp3) is 0.538. The van der Waals surface area contributed by atoms with Crippen LogP contribution in [0.4, 0.5) is 0 Å². The molecule has 1 saturated heterocycles. The van der Waals surface area contributed by atoms with Crippen LogP contribution in [-0.2, 0) is 16.6 Å². The van der Waals surface area contributed by atoms with Crippen molar-refractivity contribution < 1.29 is 8.42 Å². The van der Waals surface area contributed by atoms with Crippen LogP contribution in [0, 0.1) is 6.92 Å². The van der Waals surface area contributed by atoms with Gasteiger partial charge >= 0.3 is 0 Å². The molecule has 8 heteroatoms. The Hall–Kier alpha value is -0.510. The second-order valence-corrected chi connectivity index (χ2v) is 7.77. The number of nitrogens with one attached hydrogen (secondary N) is 1. The third-order valence-corrected chi connectivity index (χ3v) is 5.96. The maximum Gasteiger partial charge on any atom is 0.253 e. The zero-order chi connectivity index (χ0) is 15.6. The van der Waals surface area contributed by atoms with Gasteiger partial charge in [-0.1, -0.05) is 15.9 Å². The maximum absolute atomic E-state index is 12.6. The average molecular weight is 377 g/mol. The van der Waals surface area contributed by atoms with Crippen LogP contribution in [0.5, 0.6) is 0 Å². The van der Waals surface area contributed by atoms with Crippen molar-refractivity contribution in [2.75, 3.05) is 33.2 Å². The molecule has 2 rings (SSSR count). The molecule has 0 radical (unpaired) electrons. The second kappa shape index (κ2) is 6.72. The number of rotatable bonds is 4. The van der Waals surface area contributed by atoms with Crippen molar-refractivity contribution in [1.29, 1.82) is 0 Å². The lowest BCUT2D eigenvalue weighted by molar-refractivity contribution is 0.135. The van der Waals surface area contributed by atoms with Crippen LogP contribution in [0.1, 0.15) is 11.1 Å². The Labute approximate surface area is 134 Å². The third kappa shape index (κ3) is 4.02. The Morgan fingerprint density at radius 3 is 2.48 bits per heavy atom. The van der Waals surface area contributed by atoms with Crippen molar-refractivity contribution in [3.63, 3.8) is 0 Å². The molecule has 1 fully saturated rings. The molecule has 118 valence electrons. The number of hydrazine groups is 1. The lowest BCUT2D eigenvalue weighted by Gasteiger charge is -2.32. The largest absolute Gasteiger partial charge is 0.326 e. The van der Waals surface area contributed by atoms with Gasteiger partial charge in [-0.15, -0.1) is 4.83 Å². The van der Waals surface area contributed by atoms with E-state index < -0.39 is 10.0 Å². The number of hydrogen-bond donors (Lipinski definition) is 2. The number of benzene rings is 1. The summed E-state index contributed by atoms with van der Waals surface area (Å²) in [5.74, 6) is 0. The maximum atomic E-state index is 12.6. The van der Waals surface area contributed by atoms with E-state index in [4.69, 9.17) is 5.73 Å². The second-order valence-electron chi connectivity index (χ2n) is 5.29. The minimum Gasteiger partial charge on any atom is -0.326 e. The molecule has 6 nitrogen and oxygen atoms in total. The summed E-state index contributed by atoms with van der Waals surface area (Å²) in [6.45, 7) is 5.11. The minimum atomic E-state index is -3.59. The van der Waals surface area contributed by atoms with Gasteiger partial charge < -0.3 is 10.6 Å². The number of hydrogen-bond acceptors (Lipinski definition) is 5. The lowest BCUT2D eigenvalue weighted by Crippen LogP contribution is -2.52. The van der Waals surface area contributed by atoms with Gasteiger partial charge in [-0.3, -0.25) is 0 Å². The molecule has 0 amide bonds. The zero-order valence-corrected chi connectivity index (χ0v) is 14.7. The fourth-order valence-electron chi connectivity index (χ4n) is 2.22. The van der Waals surface area contributed by atoms with Crippen LogP contribution < -0.4 is 10.6 Å². The quantitative estimate of drug-likeness (QED) is 0.806. The fourth-order valence-corrected chi connectivity index (χ4v) is 4.30. The monoisotopic (exact) mass is 376 g/mol. The van der Waals surface area contributed by atoms with Crippen LogP contribution >= 0.6 is 15.9 Å². The number of halogens is 1. The summed E-state index contributed by atoms with van der Waals surface area (Å²) in [5.41, 5.74) is 7.10. The predicted molar refractivity (Wildman–Crippen MR) is 86.2 cm³/mol. The molecule has 1 aliphatic heterocycles. The summed E-state index contributed by atoms with van der Waals surface area (Å²) >= 11 is 3.40. The first-order valence-electron chi connectivity index (χ1n) is 6.78. The molecule has 0 unspecified atom stereocenters. The van der Waals surface area contributed by atoms with Crippen LogP contribution in [0.15, 0.2) is 21.5 Å². The molecule has 0 aliphatic carbocycles. The van der Waals surface area contributed by atoms with Crippen LogP contribution in [-0.4, -0.2) is 51.6 Å². The number of sulfonamides is 1. The van der Waals surface area contributed by atoms with Crippen LogP contribution in [0.3, 0.4) is 0 Å². The third-order valence-electron chi connectivity index (χ3n) is 3.63. The highest BCUT2D eigenvalue weighted by atomic mass is 79.9. The van der Waals surface area contributed by atoms with Crippen molar-refractivity contribution in [3.8, 4) is 0 Å². The van der Waals surface area contributed by atoms with Crippen molar-refractivity contribution in [3.05, 3.63) is 27.7 Å². The Morgan fingerprint density at radius 2 is 1.90 bits per heavy atom. The molecule has 1 aromatic rings. The van der Waals surface area contributed by atoms with E-state index in [0.717, 1.165) is 23.1 Å². The Kier molecular flexibility index (Phi) is 5.39. The van der Waals surface area contributed by atoms with Crippen LogP contribution in [0.25, 0.3) is 0 Å². The first kappa shape index (κ1) is 16.9. The van der Waals surface area contributed by atoms with Gasteiger partial charge in [0.2, 0.25) is 0 Å². The number of piperazine rings is 1. The van der Waals surface area contributed by atoms with E-state index in [1.807, 2.05) is 13.1 Å². The summed E-state index contributed by atoms with van der Waals surface area (Å²) in [5, 5.41) is 1.75. The van der Waals surface area contributed by atoms with Gasteiger partial charge in [-0.05, 0) is 37.2 Å². The standard InChI is InChI=1S/C13H21BrN4O2S/c1-10-12(14)7-11(9-15)8-13(10)21(19,20)16-18-5-3-17(2)4-6-18/h7-8,16H,3-6,9,15H2,1-2H3. The highest BCUT2D eigenvalue weighted by molar-refractivity contribution is 9.10. The summed E-state index contributed by atoms with van der Waals surface area (Å²) in [7, 11) is -1.57.